The van der Waals surface area contributed by atoms with Gasteiger partial charge in [0, 0.05) is 71.8 Å². The maximum Gasteiger partial charge on any atom is 0.340 e. The molecule has 418 valence electrons. The molecule has 87 heavy (non-hydrogen) atoms. The first-order chi connectivity index (χ1) is 47.6. The molecule has 0 spiro atoms. The Labute approximate surface area is 515 Å². The van der Waals surface area contributed by atoms with Crippen molar-refractivity contribution in [3.8, 4) is 51.8 Å². The van der Waals surface area contributed by atoms with Crippen LogP contribution in [0.1, 0.15) is 38.7 Å². The topological polar surface area (TPSA) is 161 Å². The van der Waals surface area contributed by atoms with Gasteiger partial charge in [-0.05, 0) is 84.9 Å². The maximum atomic E-state index is 8.34. The van der Waals surface area contributed by atoms with Crippen LogP contribution in [0.15, 0.2) is 181 Å². The van der Waals surface area contributed by atoms with E-state index in [1.54, 1.807) is 61.7 Å². The Kier molecular flexibility index (Phi) is 8.20. The molecule has 1 aromatic carbocycles. The minimum atomic E-state index is -2.38. The highest BCUT2D eigenvalue weighted by molar-refractivity contribution is 7.25. The van der Waals surface area contributed by atoms with Crippen molar-refractivity contribution in [3.63, 3.8) is 0 Å². The predicted octanol–water partition coefficient (Wildman–Crippen LogP) is 9.53. The minimum absolute atomic E-state index is 0.310. The maximum absolute atomic E-state index is 8.34. The summed E-state index contributed by atoms with van der Waals surface area (Å²) in [5, 5.41) is 0. The van der Waals surface area contributed by atoms with Gasteiger partial charge in [0.1, 0.15) is 57.7 Å². The lowest BCUT2D eigenvalue weighted by Gasteiger charge is -2.03. The molecule has 0 unspecified atom stereocenters. The van der Waals surface area contributed by atoms with E-state index < -0.39 is 27.9 Å². The average Bonchev–Trinajstić information content (AvgIpc) is 1.57. The minimum Gasteiger partial charge on any atom is -0.417 e. The highest BCUT2D eigenvalue weighted by Crippen LogP contribution is 2.41. The number of thiophene rings is 1. The fourth-order valence-corrected chi connectivity index (χ4v) is 14.4. The number of hydrogen-bond donors (Lipinski definition) is 0. The van der Waals surface area contributed by atoms with Crippen LogP contribution >= 0.6 is 11.3 Å². The number of rotatable bonds is 1. The zero-order valence-corrected chi connectivity index (χ0v) is 46.8. The van der Waals surface area contributed by atoms with E-state index in [1.165, 1.54) is 29.6 Å². The van der Waals surface area contributed by atoms with Gasteiger partial charge in [-0.3, -0.25) is 9.55 Å². The lowest BCUT2D eigenvalue weighted by Crippen LogP contribution is -2.31. The number of fused-ring (bicyclic) bond motifs is 28. The number of para-hydroxylation sites is 1. The van der Waals surface area contributed by atoms with E-state index in [9.17, 15) is 0 Å². The zero-order valence-electron chi connectivity index (χ0n) is 57.9. The normalized spacial score (nSPS) is 15.6. The monoisotopic (exact) mass is 1170 g/mol. The summed E-state index contributed by atoms with van der Waals surface area (Å²) in [5.41, 5.74) is 18.1. The third-order valence-electron chi connectivity index (χ3n) is 16.9. The number of aryl methyl sites for hydroxylation is 5. The molecule has 0 radical (unpaired) electrons. The molecule has 4 aliphatic rings. The number of aromatic nitrogens is 18. The van der Waals surface area contributed by atoms with Crippen LogP contribution in [0.2, 0.25) is 0 Å². The smallest absolute Gasteiger partial charge is 0.340 e. The van der Waals surface area contributed by atoms with Gasteiger partial charge in [-0.15, -0.1) is 0 Å². The van der Waals surface area contributed by atoms with E-state index >= 15 is 0 Å². The highest BCUT2D eigenvalue weighted by atomic mass is 32.1. The van der Waals surface area contributed by atoms with Crippen LogP contribution in [0.4, 0.5) is 0 Å². The molecular formula is C67H52N18OS+4. The molecule has 0 saturated carbocycles. The Morgan fingerprint density at radius 1 is 0.414 bits per heavy atom. The summed E-state index contributed by atoms with van der Waals surface area (Å²) in [7, 11) is 1.88. The Morgan fingerprint density at radius 2 is 0.862 bits per heavy atom. The highest BCUT2D eigenvalue weighted by Gasteiger charge is 2.41. The van der Waals surface area contributed by atoms with E-state index in [2.05, 4.69) is 39.9 Å². The van der Waals surface area contributed by atoms with Gasteiger partial charge in [0.2, 0.25) is 26.9 Å². The second-order valence-electron chi connectivity index (χ2n) is 21.6. The molecule has 20 heteroatoms. The summed E-state index contributed by atoms with van der Waals surface area (Å²) >= 11 is 1.47. The third kappa shape index (κ3) is 6.85. The average molecular weight is 1170 g/mol. The molecule has 0 bridgehead atoms. The first-order valence-corrected chi connectivity index (χ1v) is 28.8. The van der Waals surface area contributed by atoms with E-state index in [-0.39, 0.29) is 0 Å². The van der Waals surface area contributed by atoms with Crippen LogP contribution in [0.3, 0.4) is 0 Å². The largest absolute Gasteiger partial charge is 0.417 e. The fraction of sp³-hybridized carbons (Fsp3) is 0.134. The van der Waals surface area contributed by atoms with Crippen molar-refractivity contribution in [1.29, 1.82) is 0 Å². The Balaban J connectivity index is 0.0000000958. The number of benzene rings is 1. The number of nitrogens with zero attached hydrogens (tertiary/aromatic N) is 18. The zero-order chi connectivity index (χ0) is 67.9. The Hall–Kier alpha value is -11.1. The summed E-state index contributed by atoms with van der Waals surface area (Å²) in [6.45, 7) is -6.95. The van der Waals surface area contributed by atoms with Gasteiger partial charge in [0.05, 0.1) is 69.2 Å². The quantitative estimate of drug-likeness (QED) is 0.146. The number of imidazole rings is 4. The molecule has 4 aliphatic heterocycles. The van der Waals surface area contributed by atoms with Crippen molar-refractivity contribution >= 4 is 98.6 Å². The van der Waals surface area contributed by atoms with Gasteiger partial charge < -0.3 is 4.42 Å². The number of hydrogen-bond acceptors (Lipinski definition) is 10. The summed E-state index contributed by atoms with van der Waals surface area (Å²) in [6.07, 6.45) is 13.7. The van der Waals surface area contributed by atoms with E-state index in [0.29, 0.717) is 94.5 Å². The third-order valence-corrected chi connectivity index (χ3v) is 18.0. The molecule has 0 N–H and O–H groups in total. The van der Waals surface area contributed by atoms with E-state index in [1.807, 2.05) is 150 Å². The molecular weight excluding hydrogens is 1100 g/mol. The van der Waals surface area contributed by atoms with Crippen LogP contribution in [-0.4, -0.2) is 67.3 Å². The van der Waals surface area contributed by atoms with E-state index in [4.69, 9.17) is 20.9 Å². The second-order valence-corrected chi connectivity index (χ2v) is 22.6. The van der Waals surface area contributed by atoms with Crippen molar-refractivity contribution in [2.45, 2.75) is 26.2 Å². The van der Waals surface area contributed by atoms with E-state index in [0.717, 1.165) is 93.0 Å². The molecule has 21 rings (SSSR count). The standard InChI is InChI=1S/C21H16N5.C16H14N5.C15H11N4O.C15H11N4S/c1-24-20-17-14(7-5-11-22-17)13-25(20)19-18-16(10-6-12-23-18)26(21(19)24)15-8-3-2-4-9-15;1-19-11-6-4-8-18-13(11)14-16(19)20(2)15-12-10(9-21(14)15)5-3-7-17-12;2*1-18-14-11-9(4-2-6-16-11)8-19(14)13-12-10(20-15(13)18)5-3-7-17-12/h2-12H,13H2,1H3;3-8H,9H2,1-2H3;2*2-7H,8H2,1H3/q4*+1/i1D3;2D3;2*1D3. The second kappa shape index (κ2) is 18.4. The fourth-order valence-electron chi connectivity index (χ4n) is 13.3. The molecule has 19 nitrogen and oxygen atoms in total. The van der Waals surface area contributed by atoms with Gasteiger partial charge in [-0.25, -0.2) is 71.4 Å². The van der Waals surface area contributed by atoms with Crippen molar-refractivity contribution < 1.29 is 39.1 Å². The molecule has 0 atom stereocenters. The lowest BCUT2D eigenvalue weighted by atomic mass is 10.2. The van der Waals surface area contributed by atoms with Crippen molar-refractivity contribution in [2.75, 3.05) is 0 Å². The molecule has 0 amide bonds. The summed E-state index contributed by atoms with van der Waals surface area (Å²) < 4.78 is 121. The SMILES string of the molecule is [2H]C([2H])([2H])[n+]1c2n(c3c4ncccc4n(-c4ccccc4)c31)Cc1cccnc1-2.[2H]C([2H])([2H])[n+]1c2n(c3c4ncccc4n(C)c31)Cc1cccnc1-2.[2H]C([2H])([2H])[n+]1c2n(c3c4ncccc4oc31)Cc1cccnc1-2.[2H]C([2H])([2H])[n+]1c2n(c3c4ncccc4sc31)Cc1cccnc1-2. The molecule has 0 aliphatic carbocycles. The van der Waals surface area contributed by atoms with Crippen LogP contribution in [0, 0.1) is 0 Å². The number of pyridine rings is 8. The van der Waals surface area contributed by atoms with Crippen molar-refractivity contribution in [3.05, 3.63) is 199 Å². The van der Waals surface area contributed by atoms with Crippen molar-refractivity contribution in [2.24, 2.45) is 35.0 Å². The Morgan fingerprint density at radius 3 is 1.46 bits per heavy atom. The van der Waals surface area contributed by atoms with Gasteiger partial charge in [-0.2, -0.15) is 4.57 Å². The first-order valence-electron chi connectivity index (χ1n) is 33.9. The Bertz CT molecular complexity index is 6070. The van der Waals surface area contributed by atoms with Crippen LogP contribution < -0.4 is 18.3 Å². The van der Waals surface area contributed by atoms with Crippen molar-refractivity contribution in [1.82, 2.24) is 67.3 Å². The van der Waals surface area contributed by atoms with Crippen LogP contribution in [-0.2, 0) is 61.1 Å². The summed E-state index contributed by atoms with van der Waals surface area (Å²) in [5.74, 6) is 2.41. The van der Waals surface area contributed by atoms with Gasteiger partial charge >= 0.3 is 17.4 Å². The van der Waals surface area contributed by atoms with Gasteiger partial charge in [-0.1, -0.05) is 53.8 Å². The summed E-state index contributed by atoms with van der Waals surface area (Å²) in [4.78, 5) is 36.5. The molecule has 16 aromatic heterocycles. The number of furan rings is 1. The molecule has 0 saturated heterocycles. The van der Waals surface area contributed by atoms with Gasteiger partial charge in [0.25, 0.3) is 22.9 Å². The van der Waals surface area contributed by atoms with Gasteiger partial charge in [0.15, 0.2) is 22.5 Å². The summed E-state index contributed by atoms with van der Waals surface area (Å²) in [6, 6.07) is 40.3. The molecule has 20 heterocycles. The molecule has 17 aromatic rings. The van der Waals surface area contributed by atoms with Crippen LogP contribution in [0.25, 0.3) is 139 Å². The predicted molar refractivity (Wildman–Crippen MR) is 331 cm³/mol. The molecule has 0 fully saturated rings. The first kappa shape index (κ1) is 38.7. The lowest BCUT2D eigenvalue weighted by molar-refractivity contribution is -0.640. The van der Waals surface area contributed by atoms with Crippen LogP contribution in [0.5, 0.6) is 0 Å².